The lowest BCUT2D eigenvalue weighted by atomic mass is 10.1. The van der Waals surface area contributed by atoms with Gasteiger partial charge in [-0.25, -0.2) is 4.79 Å². The number of nitrogens with one attached hydrogen (secondary N) is 3. The summed E-state index contributed by atoms with van der Waals surface area (Å²) in [6.07, 6.45) is 0.330. The van der Waals surface area contributed by atoms with E-state index >= 15 is 0 Å². The first-order chi connectivity index (χ1) is 16.9. The maximum absolute atomic E-state index is 13.2. The number of aryl methyl sites for hydroxylation is 3. The largest absolute Gasteiger partial charge is 0.326 e. The van der Waals surface area contributed by atoms with Crippen molar-refractivity contribution in [2.45, 2.75) is 33.2 Å². The maximum Gasteiger partial charge on any atom is 0.319 e. The van der Waals surface area contributed by atoms with Crippen LogP contribution in [0.15, 0.2) is 72.8 Å². The van der Waals surface area contributed by atoms with Crippen LogP contribution < -0.4 is 16.0 Å². The zero-order valence-corrected chi connectivity index (χ0v) is 20.6. The molecule has 178 valence electrons. The molecular weight excluding hydrogens is 458 g/mol. The van der Waals surface area contributed by atoms with Gasteiger partial charge in [-0.2, -0.15) is 0 Å². The van der Waals surface area contributed by atoms with Crippen molar-refractivity contribution in [3.05, 3.63) is 95.1 Å². The molecule has 0 bridgehead atoms. The summed E-state index contributed by atoms with van der Waals surface area (Å²) in [6, 6.07) is 22.0. The molecular formula is C27H27N5O2S. The lowest BCUT2D eigenvalue weighted by Crippen LogP contribution is -2.47. The van der Waals surface area contributed by atoms with Crippen LogP contribution in [0.2, 0.25) is 0 Å². The zero-order chi connectivity index (χ0) is 24.8. The van der Waals surface area contributed by atoms with Crippen molar-refractivity contribution < 1.29 is 9.59 Å². The van der Waals surface area contributed by atoms with E-state index in [1.807, 2.05) is 93.6 Å². The quantitative estimate of drug-likeness (QED) is 0.322. The number of anilines is 2. The number of aromatic nitrogens is 2. The molecule has 0 fully saturated rings. The molecule has 0 saturated carbocycles. The molecule has 1 heterocycles. The second-order valence-electron chi connectivity index (χ2n) is 8.38. The van der Waals surface area contributed by atoms with E-state index < -0.39 is 12.1 Å². The van der Waals surface area contributed by atoms with Gasteiger partial charge in [0.15, 0.2) is 0 Å². The number of para-hydroxylation sites is 1. The average molecular weight is 486 g/mol. The fourth-order valence-corrected chi connectivity index (χ4v) is 4.41. The molecule has 1 unspecified atom stereocenters. The summed E-state index contributed by atoms with van der Waals surface area (Å²) in [6.45, 7) is 5.88. The van der Waals surface area contributed by atoms with Crippen LogP contribution in [-0.2, 0) is 11.2 Å². The van der Waals surface area contributed by atoms with E-state index in [0.717, 1.165) is 33.5 Å². The van der Waals surface area contributed by atoms with Crippen molar-refractivity contribution in [2.24, 2.45) is 0 Å². The Labute approximate surface area is 208 Å². The Morgan fingerprint density at radius 2 is 1.51 bits per heavy atom. The number of hydrogen-bond acceptors (Lipinski definition) is 5. The molecule has 3 N–H and O–H groups in total. The summed E-state index contributed by atoms with van der Waals surface area (Å²) in [7, 11) is 0. The molecule has 1 aromatic heterocycles. The van der Waals surface area contributed by atoms with Crippen LogP contribution in [0, 0.1) is 20.8 Å². The summed E-state index contributed by atoms with van der Waals surface area (Å²) < 4.78 is 0. The number of benzene rings is 3. The molecule has 0 spiro atoms. The highest BCUT2D eigenvalue weighted by Crippen LogP contribution is 2.26. The molecule has 0 aliphatic carbocycles. The second-order valence-corrected chi connectivity index (χ2v) is 9.35. The normalized spacial score (nSPS) is 11.5. The molecule has 0 aliphatic rings. The number of amides is 3. The van der Waals surface area contributed by atoms with Gasteiger partial charge in [0.25, 0.3) is 0 Å². The summed E-state index contributed by atoms with van der Waals surface area (Å²) >= 11 is 1.29. The lowest BCUT2D eigenvalue weighted by molar-refractivity contribution is -0.117. The van der Waals surface area contributed by atoms with Gasteiger partial charge in [0.2, 0.25) is 11.0 Å². The Hall–Kier alpha value is -4.04. The standard InChI is InChI=1S/C27H27N5O2S/c1-17-12-14-21(15-13-17)25-31-32-27(35-25)30-24(33)22(16-20-10-5-4-6-11-20)28-26(34)29-23-18(2)8-7-9-19(23)3/h4-15,22H,16H2,1-3H3,(H2,28,29,34)(H,30,32,33). The third-order valence-electron chi connectivity index (χ3n) is 5.58. The molecule has 7 nitrogen and oxygen atoms in total. The van der Waals surface area contributed by atoms with Gasteiger partial charge in [-0.15, -0.1) is 10.2 Å². The minimum Gasteiger partial charge on any atom is -0.326 e. The second kappa shape index (κ2) is 10.9. The SMILES string of the molecule is Cc1ccc(-c2nnc(NC(=O)C(Cc3ccccc3)NC(=O)Nc3c(C)cccc3C)s2)cc1. The van der Waals surface area contributed by atoms with Crippen molar-refractivity contribution >= 4 is 34.1 Å². The fraction of sp³-hybridized carbons (Fsp3) is 0.185. The molecule has 3 aromatic carbocycles. The van der Waals surface area contributed by atoms with Crippen LogP contribution in [0.1, 0.15) is 22.3 Å². The minimum absolute atomic E-state index is 0.330. The number of rotatable bonds is 7. The molecule has 4 rings (SSSR count). The van der Waals surface area contributed by atoms with Crippen molar-refractivity contribution in [1.82, 2.24) is 15.5 Å². The highest BCUT2D eigenvalue weighted by molar-refractivity contribution is 7.18. The van der Waals surface area contributed by atoms with Crippen molar-refractivity contribution in [1.29, 1.82) is 0 Å². The molecule has 0 saturated heterocycles. The summed E-state index contributed by atoms with van der Waals surface area (Å²) in [5.41, 5.74) is 5.64. The minimum atomic E-state index is -0.812. The van der Waals surface area contributed by atoms with Gasteiger partial charge in [-0.1, -0.05) is 89.7 Å². The Morgan fingerprint density at radius 1 is 0.829 bits per heavy atom. The van der Waals surface area contributed by atoms with E-state index in [4.69, 9.17) is 0 Å². The summed E-state index contributed by atoms with van der Waals surface area (Å²) in [5.74, 6) is -0.364. The monoisotopic (exact) mass is 485 g/mol. The Morgan fingerprint density at radius 3 is 2.20 bits per heavy atom. The van der Waals surface area contributed by atoms with Gasteiger partial charge in [0.05, 0.1) is 0 Å². The first-order valence-electron chi connectivity index (χ1n) is 11.3. The first kappa shape index (κ1) is 24.1. The maximum atomic E-state index is 13.2. The zero-order valence-electron chi connectivity index (χ0n) is 19.8. The summed E-state index contributed by atoms with van der Waals surface area (Å²) in [4.78, 5) is 26.1. The number of carbonyl (C=O) groups excluding carboxylic acids is 2. The highest BCUT2D eigenvalue weighted by atomic mass is 32.1. The van der Waals surface area contributed by atoms with Crippen LogP contribution in [-0.4, -0.2) is 28.2 Å². The molecule has 4 aromatic rings. The average Bonchev–Trinajstić information content (AvgIpc) is 3.30. The van der Waals surface area contributed by atoms with Crippen molar-refractivity contribution in [3.63, 3.8) is 0 Å². The third kappa shape index (κ3) is 6.30. The lowest BCUT2D eigenvalue weighted by Gasteiger charge is -2.19. The van der Waals surface area contributed by atoms with Crippen LogP contribution in [0.25, 0.3) is 10.6 Å². The molecule has 35 heavy (non-hydrogen) atoms. The number of carbonyl (C=O) groups is 2. The molecule has 8 heteroatoms. The van der Waals surface area contributed by atoms with Crippen molar-refractivity contribution in [2.75, 3.05) is 10.6 Å². The Balaban J connectivity index is 1.49. The van der Waals surface area contributed by atoms with Gasteiger partial charge < -0.3 is 10.6 Å². The highest BCUT2D eigenvalue weighted by Gasteiger charge is 2.23. The number of urea groups is 1. The molecule has 1 atom stereocenters. The summed E-state index contributed by atoms with van der Waals surface area (Å²) in [5, 5.41) is 17.9. The van der Waals surface area contributed by atoms with Gasteiger partial charge in [0.1, 0.15) is 11.0 Å². The number of nitrogens with zero attached hydrogens (tertiary/aromatic N) is 2. The van der Waals surface area contributed by atoms with Crippen LogP contribution in [0.5, 0.6) is 0 Å². The molecule has 0 radical (unpaired) electrons. The first-order valence-corrected chi connectivity index (χ1v) is 12.1. The predicted molar refractivity (Wildman–Crippen MR) is 141 cm³/mol. The smallest absolute Gasteiger partial charge is 0.319 e. The van der Waals surface area contributed by atoms with E-state index in [0.29, 0.717) is 16.6 Å². The van der Waals surface area contributed by atoms with E-state index in [1.54, 1.807) is 0 Å². The van der Waals surface area contributed by atoms with Gasteiger partial charge in [-0.3, -0.25) is 10.1 Å². The van der Waals surface area contributed by atoms with Crippen LogP contribution in [0.4, 0.5) is 15.6 Å². The van der Waals surface area contributed by atoms with Gasteiger partial charge in [-0.05, 0) is 37.5 Å². The van der Waals surface area contributed by atoms with E-state index in [9.17, 15) is 9.59 Å². The Bertz CT molecular complexity index is 1300. The van der Waals surface area contributed by atoms with E-state index in [1.165, 1.54) is 11.3 Å². The van der Waals surface area contributed by atoms with Crippen LogP contribution in [0.3, 0.4) is 0 Å². The predicted octanol–water partition coefficient (Wildman–Crippen LogP) is 5.50. The van der Waals surface area contributed by atoms with Gasteiger partial charge >= 0.3 is 6.03 Å². The van der Waals surface area contributed by atoms with Crippen LogP contribution >= 0.6 is 11.3 Å². The fourth-order valence-electron chi connectivity index (χ4n) is 3.66. The molecule has 0 aliphatic heterocycles. The van der Waals surface area contributed by atoms with Gasteiger partial charge in [0, 0.05) is 17.7 Å². The topological polar surface area (TPSA) is 96.0 Å². The molecule has 3 amide bonds. The number of hydrogen-bond donors (Lipinski definition) is 3. The third-order valence-corrected chi connectivity index (χ3v) is 6.47. The Kier molecular flexibility index (Phi) is 7.52. The van der Waals surface area contributed by atoms with Crippen molar-refractivity contribution in [3.8, 4) is 10.6 Å². The van der Waals surface area contributed by atoms with E-state index in [2.05, 4.69) is 26.1 Å². The van der Waals surface area contributed by atoms with E-state index in [-0.39, 0.29) is 5.91 Å².